The van der Waals surface area contributed by atoms with Crippen molar-refractivity contribution in [2.45, 2.75) is 6.92 Å². The molecule has 0 saturated carbocycles. The van der Waals surface area contributed by atoms with E-state index in [-0.39, 0.29) is 11.7 Å². The van der Waals surface area contributed by atoms with Gasteiger partial charge in [0, 0.05) is 17.4 Å². The zero-order chi connectivity index (χ0) is 17.4. The number of H-pyrrole nitrogens is 1. The molecule has 0 unspecified atom stereocenters. The minimum atomic E-state index is -0.333. The summed E-state index contributed by atoms with van der Waals surface area (Å²) in [7, 11) is 0. The number of amides is 1. The second-order valence-electron chi connectivity index (χ2n) is 5.60. The largest absolute Gasteiger partial charge is 0.459 e. The van der Waals surface area contributed by atoms with Gasteiger partial charge in [-0.15, -0.1) is 0 Å². The third kappa shape index (κ3) is 2.99. The van der Waals surface area contributed by atoms with Crippen LogP contribution in [0.2, 0.25) is 5.02 Å². The molecule has 6 nitrogen and oxygen atoms in total. The number of nitrogens with zero attached hydrogens (tertiary/aromatic N) is 2. The molecule has 4 rings (SSSR count). The topological polar surface area (TPSA) is 83.8 Å². The quantitative estimate of drug-likeness (QED) is 0.571. The van der Waals surface area contributed by atoms with Crippen LogP contribution in [0.15, 0.2) is 53.3 Å². The number of carbonyl (C=O) groups excluding carboxylic acids is 1. The van der Waals surface area contributed by atoms with Crippen LogP contribution in [0.5, 0.6) is 0 Å². The zero-order valence-corrected chi connectivity index (χ0v) is 14.0. The van der Waals surface area contributed by atoms with Gasteiger partial charge in [0.1, 0.15) is 5.82 Å². The normalized spacial score (nSPS) is 11.0. The Balaban J connectivity index is 1.70. The lowest BCUT2D eigenvalue weighted by molar-refractivity contribution is 0.0996. The van der Waals surface area contributed by atoms with E-state index in [4.69, 9.17) is 16.0 Å². The van der Waals surface area contributed by atoms with E-state index in [0.717, 1.165) is 11.1 Å². The molecule has 0 atom stereocenters. The van der Waals surface area contributed by atoms with E-state index in [0.29, 0.717) is 27.7 Å². The lowest BCUT2D eigenvalue weighted by Gasteiger charge is -2.07. The van der Waals surface area contributed by atoms with Gasteiger partial charge >= 0.3 is 0 Å². The van der Waals surface area contributed by atoms with Gasteiger partial charge < -0.3 is 14.7 Å². The number of pyridine rings is 1. The number of aryl methyl sites for hydroxylation is 1. The van der Waals surface area contributed by atoms with Crippen LogP contribution in [0.4, 0.5) is 5.69 Å². The second kappa shape index (κ2) is 6.07. The van der Waals surface area contributed by atoms with Crippen molar-refractivity contribution in [1.29, 1.82) is 0 Å². The number of aromatic nitrogens is 3. The van der Waals surface area contributed by atoms with Crippen molar-refractivity contribution in [3.63, 3.8) is 0 Å². The number of halogens is 1. The Kier molecular flexibility index (Phi) is 3.74. The van der Waals surface area contributed by atoms with Crippen molar-refractivity contribution in [2.75, 3.05) is 5.32 Å². The molecule has 0 spiro atoms. The number of fused-ring (bicyclic) bond motifs is 1. The number of benzene rings is 1. The Bertz CT molecular complexity index is 1070. The van der Waals surface area contributed by atoms with Crippen LogP contribution >= 0.6 is 11.6 Å². The number of hydrogen-bond acceptors (Lipinski definition) is 4. The van der Waals surface area contributed by atoms with Crippen LogP contribution in [-0.4, -0.2) is 20.9 Å². The highest BCUT2D eigenvalue weighted by Crippen LogP contribution is 2.30. The molecule has 0 aliphatic heterocycles. The summed E-state index contributed by atoms with van der Waals surface area (Å²) in [6.45, 7) is 1.96. The number of aromatic amines is 1. The van der Waals surface area contributed by atoms with Gasteiger partial charge in [-0.05, 0) is 48.9 Å². The minimum Gasteiger partial charge on any atom is -0.459 e. The van der Waals surface area contributed by atoms with E-state index in [9.17, 15) is 4.79 Å². The molecule has 0 aliphatic rings. The number of carbonyl (C=O) groups is 1. The summed E-state index contributed by atoms with van der Waals surface area (Å²) in [6, 6.07) is 10.4. The lowest BCUT2D eigenvalue weighted by atomic mass is 10.2. The van der Waals surface area contributed by atoms with Crippen LogP contribution < -0.4 is 5.32 Å². The fourth-order valence-electron chi connectivity index (χ4n) is 2.52. The van der Waals surface area contributed by atoms with Gasteiger partial charge in [0.15, 0.2) is 11.4 Å². The first kappa shape index (κ1) is 15.4. The lowest BCUT2D eigenvalue weighted by Crippen LogP contribution is -2.10. The van der Waals surface area contributed by atoms with Crippen LogP contribution in [0.3, 0.4) is 0 Å². The molecular formula is C18H13ClN4O2. The van der Waals surface area contributed by atoms with Gasteiger partial charge in [-0.25, -0.2) is 9.97 Å². The highest BCUT2D eigenvalue weighted by molar-refractivity contribution is 6.33. The molecular weight excluding hydrogens is 340 g/mol. The fourth-order valence-corrected chi connectivity index (χ4v) is 2.72. The summed E-state index contributed by atoms with van der Waals surface area (Å²) in [6.07, 6.45) is 3.21. The van der Waals surface area contributed by atoms with E-state index in [1.54, 1.807) is 36.5 Å². The number of rotatable bonds is 3. The van der Waals surface area contributed by atoms with E-state index in [1.807, 2.05) is 13.0 Å². The molecule has 0 fully saturated rings. The third-order valence-corrected chi connectivity index (χ3v) is 4.03. The van der Waals surface area contributed by atoms with Gasteiger partial charge in [-0.3, -0.25) is 4.79 Å². The van der Waals surface area contributed by atoms with Gasteiger partial charge in [-0.2, -0.15) is 0 Å². The first-order valence-electron chi connectivity index (χ1n) is 7.57. The Hall–Kier alpha value is -3.12. The van der Waals surface area contributed by atoms with Crippen molar-refractivity contribution >= 4 is 34.4 Å². The van der Waals surface area contributed by atoms with Crippen molar-refractivity contribution in [2.24, 2.45) is 0 Å². The highest BCUT2D eigenvalue weighted by atomic mass is 35.5. The molecule has 0 saturated heterocycles. The Morgan fingerprint density at radius 1 is 1.28 bits per heavy atom. The number of imidazole rings is 1. The van der Waals surface area contributed by atoms with Crippen LogP contribution in [0.25, 0.3) is 22.6 Å². The Morgan fingerprint density at radius 3 is 2.96 bits per heavy atom. The molecule has 0 radical (unpaired) electrons. The summed E-state index contributed by atoms with van der Waals surface area (Å²) < 4.78 is 5.09. The van der Waals surface area contributed by atoms with E-state index >= 15 is 0 Å². The van der Waals surface area contributed by atoms with Gasteiger partial charge in [0.05, 0.1) is 16.8 Å². The Morgan fingerprint density at radius 2 is 2.16 bits per heavy atom. The molecule has 2 N–H and O–H groups in total. The summed E-state index contributed by atoms with van der Waals surface area (Å²) in [5.74, 6) is 0.493. The average molecular weight is 353 g/mol. The minimum absolute atomic E-state index is 0.236. The number of hydrogen-bond donors (Lipinski definition) is 2. The molecule has 1 amide bonds. The van der Waals surface area contributed by atoms with Crippen LogP contribution in [0, 0.1) is 6.92 Å². The summed E-state index contributed by atoms with van der Waals surface area (Å²) in [5.41, 5.74) is 3.74. The smallest absolute Gasteiger partial charge is 0.291 e. The maximum atomic E-state index is 12.1. The molecule has 3 heterocycles. The van der Waals surface area contributed by atoms with E-state index < -0.39 is 0 Å². The molecule has 25 heavy (non-hydrogen) atoms. The zero-order valence-electron chi connectivity index (χ0n) is 13.2. The maximum Gasteiger partial charge on any atom is 0.291 e. The van der Waals surface area contributed by atoms with Crippen LogP contribution in [0.1, 0.15) is 16.1 Å². The van der Waals surface area contributed by atoms with Gasteiger partial charge in [0.25, 0.3) is 5.91 Å². The first-order chi connectivity index (χ1) is 12.1. The SMILES string of the molecule is Cc1cnc2nc(-c3cc(NC(=O)c4ccco4)ccc3Cl)[nH]c2c1. The van der Waals surface area contributed by atoms with Crippen molar-refractivity contribution in [3.8, 4) is 11.4 Å². The van der Waals surface area contributed by atoms with E-state index in [1.165, 1.54) is 6.26 Å². The van der Waals surface area contributed by atoms with Gasteiger partial charge in [0.2, 0.25) is 0 Å². The summed E-state index contributed by atoms with van der Waals surface area (Å²) in [5, 5.41) is 3.30. The van der Waals surface area contributed by atoms with Crippen molar-refractivity contribution in [1.82, 2.24) is 15.0 Å². The predicted molar refractivity (Wildman–Crippen MR) is 95.7 cm³/mol. The van der Waals surface area contributed by atoms with Crippen molar-refractivity contribution in [3.05, 3.63) is 65.2 Å². The maximum absolute atomic E-state index is 12.1. The monoisotopic (exact) mass is 352 g/mol. The third-order valence-electron chi connectivity index (χ3n) is 3.70. The fraction of sp³-hybridized carbons (Fsp3) is 0.0556. The average Bonchev–Trinajstić information content (AvgIpc) is 3.25. The molecule has 1 aromatic carbocycles. The van der Waals surface area contributed by atoms with Gasteiger partial charge in [-0.1, -0.05) is 11.6 Å². The standard InChI is InChI=1S/C18H13ClN4O2/c1-10-7-14-17(20-9-10)23-16(22-14)12-8-11(4-5-13(12)19)21-18(24)15-3-2-6-25-15/h2-9H,1H3,(H,21,24)(H,20,22,23). The molecule has 4 aromatic rings. The molecule has 3 aromatic heterocycles. The second-order valence-corrected chi connectivity index (χ2v) is 6.00. The Labute approximate surface area is 147 Å². The van der Waals surface area contributed by atoms with Crippen LogP contribution in [-0.2, 0) is 0 Å². The van der Waals surface area contributed by atoms with Crippen molar-refractivity contribution < 1.29 is 9.21 Å². The number of furan rings is 1. The summed E-state index contributed by atoms with van der Waals surface area (Å²) in [4.78, 5) is 24.1. The number of nitrogens with one attached hydrogen (secondary N) is 2. The molecule has 124 valence electrons. The molecule has 0 aliphatic carbocycles. The molecule has 0 bridgehead atoms. The number of anilines is 1. The van der Waals surface area contributed by atoms with E-state index in [2.05, 4.69) is 20.3 Å². The summed E-state index contributed by atoms with van der Waals surface area (Å²) >= 11 is 6.31. The predicted octanol–water partition coefficient (Wildman–Crippen LogP) is 4.43. The highest BCUT2D eigenvalue weighted by Gasteiger charge is 2.13. The first-order valence-corrected chi connectivity index (χ1v) is 7.95. The molecule has 7 heteroatoms.